The first kappa shape index (κ1) is 15.2. The Kier molecular flexibility index (Phi) is 3.23. The lowest BCUT2D eigenvalue weighted by Gasteiger charge is -2.37. The molecule has 3 rings (SSSR count). The monoisotopic (exact) mass is 316 g/mol. The molecule has 1 heterocycles. The van der Waals surface area contributed by atoms with Crippen LogP contribution in [0.2, 0.25) is 0 Å². The topological polar surface area (TPSA) is 96.2 Å². The average molecular weight is 316 g/mol. The summed E-state index contributed by atoms with van der Waals surface area (Å²) in [6.45, 7) is 2.91. The molecule has 6 heteroatoms. The third kappa shape index (κ3) is 2.03. The molecule has 120 valence electrons. The average Bonchev–Trinajstić information content (AvgIpc) is 2.50. The van der Waals surface area contributed by atoms with Crippen molar-refractivity contribution in [2.45, 2.75) is 19.6 Å². The van der Waals surface area contributed by atoms with E-state index in [1.165, 1.54) is 38.3 Å². The van der Waals surface area contributed by atoms with Crippen LogP contribution in [0.4, 0.5) is 0 Å². The molecule has 0 aromatic heterocycles. The van der Waals surface area contributed by atoms with Gasteiger partial charge in [-0.25, -0.2) is 0 Å². The number of fused-ring (bicyclic) bond motifs is 3. The van der Waals surface area contributed by atoms with Crippen LogP contribution < -0.4 is 4.74 Å². The second kappa shape index (κ2) is 4.89. The number of aromatic hydroxyl groups is 3. The zero-order chi connectivity index (χ0) is 16.9. The quantitative estimate of drug-likeness (QED) is 0.582. The summed E-state index contributed by atoms with van der Waals surface area (Å²) in [6, 6.07) is 5.58. The summed E-state index contributed by atoms with van der Waals surface area (Å²) in [6.07, 6.45) is 0. The predicted molar refractivity (Wildman–Crippen MR) is 81.9 cm³/mol. The van der Waals surface area contributed by atoms with Crippen LogP contribution in [-0.2, 0) is 10.5 Å². The van der Waals surface area contributed by atoms with Gasteiger partial charge in [0.25, 0.3) is 0 Å². The fraction of sp³-hybridized carbons (Fsp3) is 0.235. The molecule has 6 nitrogen and oxygen atoms in total. The van der Waals surface area contributed by atoms with Crippen LogP contribution in [-0.4, -0.2) is 28.2 Å². The second-order valence-corrected chi connectivity index (χ2v) is 5.50. The lowest BCUT2D eigenvalue weighted by atomic mass is 9.87. The van der Waals surface area contributed by atoms with E-state index in [0.717, 1.165) is 0 Å². The SMILES string of the molecule is CO[C@]1(C)Oc2ccc(C(C)=O)c(O)c2-c2c(O)ccc(O)c21. The van der Waals surface area contributed by atoms with Crippen LogP contribution in [0, 0.1) is 0 Å². The Balaban J connectivity index is 2.44. The van der Waals surface area contributed by atoms with Crippen molar-refractivity contribution in [1.29, 1.82) is 0 Å². The number of phenolic OH excluding ortho intramolecular Hbond substituents is 3. The van der Waals surface area contributed by atoms with Crippen molar-refractivity contribution in [2.24, 2.45) is 0 Å². The highest BCUT2D eigenvalue weighted by atomic mass is 16.7. The number of hydrogen-bond acceptors (Lipinski definition) is 6. The van der Waals surface area contributed by atoms with E-state index in [1.54, 1.807) is 6.92 Å². The number of rotatable bonds is 2. The van der Waals surface area contributed by atoms with Gasteiger partial charge in [-0.05, 0) is 31.2 Å². The Labute approximate surface area is 132 Å². The lowest BCUT2D eigenvalue weighted by molar-refractivity contribution is -0.160. The van der Waals surface area contributed by atoms with Gasteiger partial charge in [-0.15, -0.1) is 0 Å². The van der Waals surface area contributed by atoms with E-state index in [2.05, 4.69) is 0 Å². The summed E-state index contributed by atoms with van der Waals surface area (Å²) >= 11 is 0. The minimum Gasteiger partial charge on any atom is -0.507 e. The highest BCUT2D eigenvalue weighted by Gasteiger charge is 2.42. The summed E-state index contributed by atoms with van der Waals surface area (Å²) in [5.41, 5.74) is 0.609. The van der Waals surface area contributed by atoms with E-state index >= 15 is 0 Å². The van der Waals surface area contributed by atoms with Gasteiger partial charge >= 0.3 is 0 Å². The fourth-order valence-electron chi connectivity index (χ4n) is 2.88. The molecule has 0 saturated heterocycles. The highest BCUT2D eigenvalue weighted by Crippen LogP contribution is 2.55. The first-order valence-corrected chi connectivity index (χ1v) is 6.97. The lowest BCUT2D eigenvalue weighted by Crippen LogP contribution is -2.35. The molecule has 0 aliphatic carbocycles. The summed E-state index contributed by atoms with van der Waals surface area (Å²) in [4.78, 5) is 11.7. The van der Waals surface area contributed by atoms with E-state index in [-0.39, 0.29) is 51.0 Å². The zero-order valence-corrected chi connectivity index (χ0v) is 12.9. The Morgan fingerprint density at radius 1 is 1.09 bits per heavy atom. The van der Waals surface area contributed by atoms with Crippen LogP contribution in [0.5, 0.6) is 23.0 Å². The van der Waals surface area contributed by atoms with Crippen molar-refractivity contribution < 1.29 is 29.6 Å². The maximum absolute atomic E-state index is 11.7. The van der Waals surface area contributed by atoms with Gasteiger partial charge in [-0.3, -0.25) is 4.79 Å². The van der Waals surface area contributed by atoms with Crippen molar-refractivity contribution in [1.82, 2.24) is 0 Å². The maximum Gasteiger partial charge on any atom is 0.238 e. The number of phenols is 3. The summed E-state index contributed by atoms with van der Waals surface area (Å²) in [5.74, 6) is -2.07. The number of ether oxygens (including phenoxy) is 2. The van der Waals surface area contributed by atoms with Gasteiger partial charge < -0.3 is 24.8 Å². The van der Waals surface area contributed by atoms with Gasteiger partial charge in [0.2, 0.25) is 5.79 Å². The number of ketones is 1. The number of benzene rings is 2. The second-order valence-electron chi connectivity index (χ2n) is 5.50. The smallest absolute Gasteiger partial charge is 0.238 e. The van der Waals surface area contributed by atoms with Gasteiger partial charge in [0.15, 0.2) is 5.78 Å². The van der Waals surface area contributed by atoms with Crippen LogP contribution >= 0.6 is 0 Å². The molecule has 2 aromatic rings. The molecule has 0 unspecified atom stereocenters. The molecule has 0 radical (unpaired) electrons. The molecule has 0 bridgehead atoms. The zero-order valence-electron chi connectivity index (χ0n) is 12.9. The van der Waals surface area contributed by atoms with Crippen molar-refractivity contribution in [3.63, 3.8) is 0 Å². The first-order chi connectivity index (χ1) is 10.8. The van der Waals surface area contributed by atoms with Gasteiger partial charge in [0.05, 0.1) is 16.7 Å². The molecule has 0 amide bonds. The van der Waals surface area contributed by atoms with Crippen molar-refractivity contribution in [3.05, 3.63) is 35.4 Å². The largest absolute Gasteiger partial charge is 0.507 e. The summed E-state index contributed by atoms with van der Waals surface area (Å²) < 4.78 is 11.2. The van der Waals surface area contributed by atoms with Gasteiger partial charge in [0, 0.05) is 19.6 Å². The Morgan fingerprint density at radius 2 is 1.74 bits per heavy atom. The van der Waals surface area contributed by atoms with Crippen molar-refractivity contribution in [3.8, 4) is 34.1 Å². The molecular formula is C17H16O6. The molecule has 3 N–H and O–H groups in total. The molecule has 23 heavy (non-hydrogen) atoms. The van der Waals surface area contributed by atoms with E-state index in [1.807, 2.05) is 0 Å². The fourth-order valence-corrected chi connectivity index (χ4v) is 2.88. The number of carbonyl (C=O) groups excluding carboxylic acids is 1. The first-order valence-electron chi connectivity index (χ1n) is 6.97. The summed E-state index contributed by atoms with van der Waals surface area (Å²) in [7, 11) is 1.40. The van der Waals surface area contributed by atoms with E-state index in [0.29, 0.717) is 0 Å². The molecule has 0 spiro atoms. The van der Waals surface area contributed by atoms with Gasteiger partial charge in [-0.2, -0.15) is 0 Å². The predicted octanol–water partition coefficient (Wildman–Crippen LogP) is 2.88. The minimum atomic E-state index is -1.35. The molecule has 0 saturated carbocycles. The third-order valence-electron chi connectivity index (χ3n) is 4.08. The van der Waals surface area contributed by atoms with Crippen molar-refractivity contribution >= 4 is 5.78 Å². The minimum absolute atomic E-state index is 0.0991. The van der Waals surface area contributed by atoms with Crippen molar-refractivity contribution in [2.75, 3.05) is 7.11 Å². The Bertz CT molecular complexity index is 826. The standard InChI is InChI=1S/C17H16O6/c1-8(18)9-4-7-12-14(16(9)21)13-10(19)5-6-11(20)15(13)17(2,22-3)23-12/h4-7,19-21H,1-3H3/t17-/m1/s1. The summed E-state index contributed by atoms with van der Waals surface area (Å²) in [5, 5.41) is 31.0. The maximum atomic E-state index is 11.7. The molecule has 1 aliphatic rings. The van der Waals surface area contributed by atoms with Crippen LogP contribution in [0.1, 0.15) is 29.8 Å². The normalized spacial score (nSPS) is 18.7. The number of Topliss-reactive ketones (excluding diaryl/α,β-unsaturated/α-hetero) is 1. The molecule has 2 aromatic carbocycles. The number of methoxy groups -OCH3 is 1. The number of carbonyl (C=O) groups is 1. The van der Waals surface area contributed by atoms with Crippen LogP contribution in [0.25, 0.3) is 11.1 Å². The molecule has 1 atom stereocenters. The van der Waals surface area contributed by atoms with E-state index < -0.39 is 5.79 Å². The third-order valence-corrected chi connectivity index (χ3v) is 4.08. The van der Waals surface area contributed by atoms with Crippen LogP contribution in [0.3, 0.4) is 0 Å². The highest BCUT2D eigenvalue weighted by molar-refractivity contribution is 6.01. The molecule has 1 aliphatic heterocycles. The Hall–Kier alpha value is -2.73. The Morgan fingerprint density at radius 3 is 2.35 bits per heavy atom. The molecule has 0 fully saturated rings. The molecular weight excluding hydrogens is 300 g/mol. The van der Waals surface area contributed by atoms with E-state index in [4.69, 9.17) is 9.47 Å². The number of hydrogen-bond donors (Lipinski definition) is 3. The van der Waals surface area contributed by atoms with Crippen LogP contribution in [0.15, 0.2) is 24.3 Å². The van der Waals surface area contributed by atoms with Gasteiger partial charge in [-0.1, -0.05) is 0 Å². The van der Waals surface area contributed by atoms with Gasteiger partial charge in [0.1, 0.15) is 23.0 Å². The van der Waals surface area contributed by atoms with E-state index in [9.17, 15) is 20.1 Å².